The Hall–Kier alpha value is -2.34. The number of aromatic nitrogens is 2. The molecular weight excluding hydrogens is 292 g/mol. The van der Waals surface area contributed by atoms with Gasteiger partial charge in [0.25, 0.3) is 0 Å². The minimum atomic E-state index is -0.00997. The van der Waals surface area contributed by atoms with Gasteiger partial charge < -0.3 is 10.1 Å². The minimum absolute atomic E-state index is 0.00997. The Morgan fingerprint density at radius 1 is 1.43 bits per heavy atom. The van der Waals surface area contributed by atoms with Crippen molar-refractivity contribution in [3.63, 3.8) is 0 Å². The van der Waals surface area contributed by atoms with E-state index in [1.54, 1.807) is 4.68 Å². The maximum atomic E-state index is 11.9. The van der Waals surface area contributed by atoms with E-state index < -0.39 is 0 Å². The van der Waals surface area contributed by atoms with E-state index in [0.717, 1.165) is 16.9 Å². The normalized spacial score (nSPS) is 10.8. The zero-order valence-electron chi connectivity index (χ0n) is 14.0. The third kappa shape index (κ3) is 6.12. The number of aryl methyl sites for hydroxylation is 2. The van der Waals surface area contributed by atoms with Gasteiger partial charge in [0, 0.05) is 25.4 Å². The molecule has 6 nitrogen and oxygen atoms in total. The van der Waals surface area contributed by atoms with Gasteiger partial charge in [0.15, 0.2) is 0 Å². The lowest BCUT2D eigenvalue weighted by Crippen LogP contribution is -2.36. The molecule has 0 bridgehead atoms. The van der Waals surface area contributed by atoms with Gasteiger partial charge in [-0.05, 0) is 31.7 Å². The highest BCUT2D eigenvalue weighted by Gasteiger charge is 2.07. The second kappa shape index (κ2) is 8.33. The molecular formula is C17H24N4O2. The fourth-order valence-corrected chi connectivity index (χ4v) is 2.29. The molecule has 1 amide bonds. The van der Waals surface area contributed by atoms with Crippen LogP contribution in [0.4, 0.5) is 0 Å². The van der Waals surface area contributed by atoms with Crippen molar-refractivity contribution in [3.05, 3.63) is 47.8 Å². The summed E-state index contributed by atoms with van der Waals surface area (Å²) in [5.41, 5.74) is 2.24. The number of carbonyl (C=O) groups is 1. The fraction of sp³-hybridized carbons (Fsp3) is 0.412. The average Bonchev–Trinajstić information content (AvgIpc) is 2.88. The highest BCUT2D eigenvalue weighted by Crippen LogP contribution is 2.11. The quantitative estimate of drug-likeness (QED) is 0.747. The number of nitrogens with one attached hydrogen (secondary N) is 1. The first-order valence-electron chi connectivity index (χ1n) is 7.65. The van der Waals surface area contributed by atoms with E-state index in [1.807, 2.05) is 62.6 Å². The predicted molar refractivity (Wildman–Crippen MR) is 89.2 cm³/mol. The molecule has 0 atom stereocenters. The monoisotopic (exact) mass is 316 g/mol. The SMILES string of the molecule is Cc1cccc(OCCNC(=O)CN(C)Cc2cnn(C)c2)c1. The summed E-state index contributed by atoms with van der Waals surface area (Å²) in [6.07, 6.45) is 3.76. The van der Waals surface area contributed by atoms with Crippen molar-refractivity contribution in [2.45, 2.75) is 13.5 Å². The molecule has 0 spiro atoms. The lowest BCUT2D eigenvalue weighted by atomic mass is 10.2. The maximum Gasteiger partial charge on any atom is 0.234 e. The molecule has 0 aliphatic rings. The molecule has 0 aliphatic carbocycles. The van der Waals surface area contributed by atoms with Gasteiger partial charge in [-0.3, -0.25) is 14.4 Å². The number of ether oxygens (including phenoxy) is 1. The van der Waals surface area contributed by atoms with E-state index >= 15 is 0 Å². The lowest BCUT2D eigenvalue weighted by Gasteiger charge is -2.15. The van der Waals surface area contributed by atoms with E-state index in [9.17, 15) is 4.79 Å². The summed E-state index contributed by atoms with van der Waals surface area (Å²) >= 11 is 0. The molecule has 0 radical (unpaired) electrons. The van der Waals surface area contributed by atoms with E-state index in [-0.39, 0.29) is 5.91 Å². The van der Waals surface area contributed by atoms with Crippen molar-refractivity contribution in [1.82, 2.24) is 20.0 Å². The van der Waals surface area contributed by atoms with Crippen LogP contribution in [-0.4, -0.2) is 47.3 Å². The number of rotatable bonds is 8. The van der Waals surface area contributed by atoms with Gasteiger partial charge in [0.2, 0.25) is 5.91 Å². The van der Waals surface area contributed by atoms with Crippen molar-refractivity contribution in [2.75, 3.05) is 26.7 Å². The Morgan fingerprint density at radius 2 is 2.26 bits per heavy atom. The van der Waals surface area contributed by atoms with Crippen LogP contribution >= 0.6 is 0 Å². The first kappa shape index (κ1) is 17.0. The number of hydrogen-bond donors (Lipinski definition) is 1. The van der Waals surface area contributed by atoms with E-state index in [1.165, 1.54) is 0 Å². The average molecular weight is 316 g/mol. The lowest BCUT2D eigenvalue weighted by molar-refractivity contribution is -0.122. The highest BCUT2D eigenvalue weighted by atomic mass is 16.5. The van der Waals surface area contributed by atoms with Gasteiger partial charge in [-0.25, -0.2) is 0 Å². The molecule has 0 saturated heterocycles. The van der Waals surface area contributed by atoms with Crippen LogP contribution in [0.2, 0.25) is 0 Å². The Morgan fingerprint density at radius 3 is 2.96 bits per heavy atom. The molecule has 1 aromatic carbocycles. The standard InChI is InChI=1S/C17H24N4O2/c1-14-5-4-6-16(9-14)23-8-7-18-17(22)13-20(2)11-15-10-19-21(3)12-15/h4-6,9-10,12H,7-8,11,13H2,1-3H3,(H,18,22). The zero-order valence-corrected chi connectivity index (χ0v) is 14.0. The Bertz CT molecular complexity index is 639. The summed E-state index contributed by atoms with van der Waals surface area (Å²) in [5, 5.41) is 6.98. The zero-order chi connectivity index (χ0) is 16.7. The molecule has 6 heteroatoms. The largest absolute Gasteiger partial charge is 0.492 e. The van der Waals surface area contributed by atoms with Crippen LogP contribution in [0.25, 0.3) is 0 Å². The molecule has 2 aromatic rings. The summed E-state index contributed by atoms with van der Waals surface area (Å²) in [6.45, 7) is 4.02. The van der Waals surface area contributed by atoms with Crippen LogP contribution < -0.4 is 10.1 Å². The number of hydrogen-bond acceptors (Lipinski definition) is 4. The number of amides is 1. The van der Waals surface area contributed by atoms with Crippen LogP contribution in [0.3, 0.4) is 0 Å². The van der Waals surface area contributed by atoms with Crippen LogP contribution in [0.1, 0.15) is 11.1 Å². The molecule has 1 heterocycles. The maximum absolute atomic E-state index is 11.9. The Labute approximate surface area is 137 Å². The van der Waals surface area contributed by atoms with E-state index in [0.29, 0.717) is 26.2 Å². The van der Waals surface area contributed by atoms with Crippen LogP contribution in [0.15, 0.2) is 36.7 Å². The van der Waals surface area contributed by atoms with Crippen molar-refractivity contribution in [1.29, 1.82) is 0 Å². The van der Waals surface area contributed by atoms with Gasteiger partial charge in [-0.2, -0.15) is 5.10 Å². The summed E-state index contributed by atoms with van der Waals surface area (Å²) in [4.78, 5) is 13.8. The topological polar surface area (TPSA) is 59.4 Å². The summed E-state index contributed by atoms with van der Waals surface area (Å²) in [5.74, 6) is 0.817. The van der Waals surface area contributed by atoms with Crippen LogP contribution in [0, 0.1) is 6.92 Å². The summed E-state index contributed by atoms with van der Waals surface area (Å²) < 4.78 is 7.36. The van der Waals surface area contributed by atoms with Crippen molar-refractivity contribution < 1.29 is 9.53 Å². The number of likely N-dealkylation sites (N-methyl/N-ethyl adjacent to an activating group) is 1. The summed E-state index contributed by atoms with van der Waals surface area (Å²) in [7, 11) is 3.79. The molecule has 0 aliphatic heterocycles. The number of benzene rings is 1. The number of carbonyl (C=O) groups excluding carboxylic acids is 1. The van der Waals surface area contributed by atoms with Crippen LogP contribution in [-0.2, 0) is 18.4 Å². The Balaban J connectivity index is 1.63. The highest BCUT2D eigenvalue weighted by molar-refractivity contribution is 5.77. The first-order valence-corrected chi connectivity index (χ1v) is 7.65. The Kier molecular flexibility index (Phi) is 6.17. The molecule has 0 unspecified atom stereocenters. The fourth-order valence-electron chi connectivity index (χ4n) is 2.29. The predicted octanol–water partition coefficient (Wildman–Crippen LogP) is 1.36. The van der Waals surface area contributed by atoms with E-state index in [4.69, 9.17) is 4.74 Å². The third-order valence-corrected chi connectivity index (χ3v) is 3.31. The minimum Gasteiger partial charge on any atom is -0.492 e. The van der Waals surface area contributed by atoms with Gasteiger partial charge >= 0.3 is 0 Å². The van der Waals surface area contributed by atoms with Crippen molar-refractivity contribution in [3.8, 4) is 5.75 Å². The van der Waals surface area contributed by atoms with Gasteiger partial charge in [0.1, 0.15) is 12.4 Å². The second-order valence-electron chi connectivity index (χ2n) is 5.71. The van der Waals surface area contributed by atoms with E-state index in [2.05, 4.69) is 10.4 Å². The summed E-state index contributed by atoms with van der Waals surface area (Å²) in [6, 6.07) is 7.86. The van der Waals surface area contributed by atoms with Crippen molar-refractivity contribution >= 4 is 5.91 Å². The van der Waals surface area contributed by atoms with Crippen LogP contribution in [0.5, 0.6) is 5.75 Å². The number of nitrogens with zero attached hydrogens (tertiary/aromatic N) is 3. The molecule has 0 saturated carbocycles. The smallest absolute Gasteiger partial charge is 0.234 e. The molecule has 0 fully saturated rings. The molecule has 124 valence electrons. The first-order chi connectivity index (χ1) is 11.0. The molecule has 1 aromatic heterocycles. The second-order valence-corrected chi connectivity index (χ2v) is 5.71. The van der Waals surface area contributed by atoms with Gasteiger partial charge in [-0.1, -0.05) is 12.1 Å². The third-order valence-electron chi connectivity index (χ3n) is 3.31. The molecule has 23 heavy (non-hydrogen) atoms. The van der Waals surface area contributed by atoms with Gasteiger partial charge in [0.05, 0.1) is 19.3 Å². The molecule has 2 rings (SSSR count). The van der Waals surface area contributed by atoms with Gasteiger partial charge in [-0.15, -0.1) is 0 Å². The van der Waals surface area contributed by atoms with Crippen molar-refractivity contribution in [2.24, 2.45) is 7.05 Å². The molecule has 1 N–H and O–H groups in total.